The number of hydrogen-bond donors (Lipinski definition) is 2. The van der Waals surface area contributed by atoms with E-state index in [1.54, 1.807) is 17.7 Å². The Bertz CT molecular complexity index is 1150. The van der Waals surface area contributed by atoms with E-state index >= 15 is 0 Å². The number of urea groups is 1. The summed E-state index contributed by atoms with van der Waals surface area (Å²) in [5.41, 5.74) is 3.13. The predicted molar refractivity (Wildman–Crippen MR) is 121 cm³/mol. The van der Waals surface area contributed by atoms with Gasteiger partial charge in [-0.1, -0.05) is 29.8 Å². The molecule has 0 aliphatic carbocycles. The number of benzene rings is 2. The van der Waals surface area contributed by atoms with Gasteiger partial charge in [0.15, 0.2) is 5.82 Å². The van der Waals surface area contributed by atoms with Crippen LogP contribution in [0.3, 0.4) is 0 Å². The average Bonchev–Trinajstić information content (AvgIpc) is 2.74. The molecule has 1 saturated heterocycles. The van der Waals surface area contributed by atoms with E-state index in [0.29, 0.717) is 29.6 Å². The molecule has 0 radical (unpaired) electrons. The summed E-state index contributed by atoms with van der Waals surface area (Å²) in [5.74, 6) is 0.466. The van der Waals surface area contributed by atoms with E-state index in [-0.39, 0.29) is 17.6 Å². The zero-order valence-corrected chi connectivity index (χ0v) is 17.7. The standard InChI is InChI=1S/C22H24ClN5O2/c1-14-7-8-16(13-17(14)23)25-22(30)24-15-9-11-28(12-10-15)20-21(29)27(2)19-6-4-3-5-18(19)26-20/h3-8,13,15H,9-12H2,1-2H3,(H2,24,25,30). The van der Waals surface area contributed by atoms with Crippen molar-refractivity contribution in [3.05, 3.63) is 63.4 Å². The zero-order chi connectivity index (χ0) is 21.3. The summed E-state index contributed by atoms with van der Waals surface area (Å²) < 4.78 is 1.64. The lowest BCUT2D eigenvalue weighted by Crippen LogP contribution is -2.47. The number of rotatable bonds is 3. The Morgan fingerprint density at radius 2 is 1.90 bits per heavy atom. The first kappa shape index (κ1) is 20.2. The number of anilines is 2. The van der Waals surface area contributed by atoms with E-state index in [1.807, 2.05) is 48.2 Å². The van der Waals surface area contributed by atoms with Crippen LogP contribution in [0.5, 0.6) is 0 Å². The Hall–Kier alpha value is -3.06. The minimum atomic E-state index is -0.256. The molecule has 0 atom stereocenters. The van der Waals surface area contributed by atoms with Crippen LogP contribution in [0.1, 0.15) is 18.4 Å². The Kier molecular flexibility index (Phi) is 5.63. The molecule has 2 heterocycles. The number of carbonyl (C=O) groups excluding carboxylic acids is 1. The van der Waals surface area contributed by atoms with Crippen molar-refractivity contribution in [3.8, 4) is 0 Å². The lowest BCUT2D eigenvalue weighted by atomic mass is 10.1. The Morgan fingerprint density at radius 1 is 1.17 bits per heavy atom. The fraction of sp³-hybridized carbons (Fsp3) is 0.318. The highest BCUT2D eigenvalue weighted by Crippen LogP contribution is 2.21. The summed E-state index contributed by atoms with van der Waals surface area (Å²) in [5, 5.41) is 6.44. The molecule has 2 N–H and O–H groups in total. The van der Waals surface area contributed by atoms with Crippen LogP contribution in [-0.2, 0) is 7.05 Å². The second-order valence-corrected chi connectivity index (χ2v) is 8.02. The van der Waals surface area contributed by atoms with Crippen LogP contribution >= 0.6 is 11.6 Å². The van der Waals surface area contributed by atoms with Gasteiger partial charge in [-0.25, -0.2) is 9.78 Å². The molecule has 0 unspecified atom stereocenters. The normalized spacial score (nSPS) is 14.7. The minimum Gasteiger partial charge on any atom is -0.352 e. The van der Waals surface area contributed by atoms with E-state index < -0.39 is 0 Å². The first-order valence-electron chi connectivity index (χ1n) is 9.97. The molecular formula is C22H24ClN5O2. The largest absolute Gasteiger partial charge is 0.352 e. The summed E-state index contributed by atoms with van der Waals surface area (Å²) in [6, 6.07) is 12.8. The Labute approximate surface area is 179 Å². The maximum absolute atomic E-state index is 12.8. The zero-order valence-electron chi connectivity index (χ0n) is 17.0. The molecule has 4 rings (SSSR count). The quantitative estimate of drug-likeness (QED) is 0.670. The minimum absolute atomic E-state index is 0.0338. The number of aryl methyl sites for hydroxylation is 2. The SMILES string of the molecule is Cc1ccc(NC(=O)NC2CCN(c3nc4ccccc4n(C)c3=O)CC2)cc1Cl. The fourth-order valence-electron chi connectivity index (χ4n) is 3.73. The average molecular weight is 426 g/mol. The first-order valence-corrected chi connectivity index (χ1v) is 10.3. The molecule has 3 aromatic rings. The molecule has 30 heavy (non-hydrogen) atoms. The lowest BCUT2D eigenvalue weighted by molar-refractivity contribution is 0.246. The van der Waals surface area contributed by atoms with Crippen LogP contribution in [0.4, 0.5) is 16.3 Å². The van der Waals surface area contributed by atoms with Crippen LogP contribution in [0, 0.1) is 6.92 Å². The number of para-hydroxylation sites is 2. The van der Waals surface area contributed by atoms with Crippen LogP contribution in [-0.4, -0.2) is 34.7 Å². The van der Waals surface area contributed by atoms with Gasteiger partial charge in [0.05, 0.1) is 11.0 Å². The summed E-state index contributed by atoms with van der Waals surface area (Å²) in [6.07, 6.45) is 1.47. The number of nitrogens with one attached hydrogen (secondary N) is 2. The third kappa shape index (κ3) is 4.11. The van der Waals surface area contributed by atoms with Crippen molar-refractivity contribution in [2.75, 3.05) is 23.3 Å². The van der Waals surface area contributed by atoms with Gasteiger partial charge < -0.3 is 20.1 Å². The highest BCUT2D eigenvalue weighted by Gasteiger charge is 2.24. The van der Waals surface area contributed by atoms with Gasteiger partial charge in [0.25, 0.3) is 5.56 Å². The number of hydrogen-bond acceptors (Lipinski definition) is 4. The van der Waals surface area contributed by atoms with Crippen molar-refractivity contribution < 1.29 is 4.79 Å². The molecule has 1 aromatic heterocycles. The van der Waals surface area contributed by atoms with E-state index in [9.17, 15) is 9.59 Å². The molecule has 1 aliphatic heterocycles. The second-order valence-electron chi connectivity index (χ2n) is 7.61. The molecule has 0 spiro atoms. The molecule has 156 valence electrons. The van der Waals surface area contributed by atoms with Crippen LogP contribution < -0.4 is 21.1 Å². The van der Waals surface area contributed by atoms with Gasteiger partial charge in [-0.15, -0.1) is 0 Å². The number of carbonyl (C=O) groups is 1. The van der Waals surface area contributed by atoms with Gasteiger partial charge in [-0.05, 0) is 49.6 Å². The van der Waals surface area contributed by atoms with Gasteiger partial charge in [0, 0.05) is 36.9 Å². The summed E-state index contributed by atoms with van der Waals surface area (Å²) in [7, 11) is 1.77. The topological polar surface area (TPSA) is 79.3 Å². The number of nitrogens with zero attached hydrogens (tertiary/aromatic N) is 3. The molecule has 1 aliphatic rings. The highest BCUT2D eigenvalue weighted by atomic mass is 35.5. The van der Waals surface area contributed by atoms with Crippen LogP contribution in [0.25, 0.3) is 11.0 Å². The van der Waals surface area contributed by atoms with Crippen LogP contribution in [0.15, 0.2) is 47.3 Å². The monoisotopic (exact) mass is 425 g/mol. The molecule has 0 saturated carbocycles. The van der Waals surface area contributed by atoms with Gasteiger partial charge in [-0.3, -0.25) is 4.79 Å². The number of halogens is 1. The highest BCUT2D eigenvalue weighted by molar-refractivity contribution is 6.31. The molecule has 8 heteroatoms. The Morgan fingerprint density at radius 3 is 2.63 bits per heavy atom. The van der Waals surface area contributed by atoms with E-state index in [2.05, 4.69) is 15.6 Å². The van der Waals surface area contributed by atoms with Crippen molar-refractivity contribution >= 4 is 40.2 Å². The van der Waals surface area contributed by atoms with Crippen molar-refractivity contribution in [2.45, 2.75) is 25.8 Å². The van der Waals surface area contributed by atoms with Crippen molar-refractivity contribution in [1.29, 1.82) is 0 Å². The number of amides is 2. The molecular weight excluding hydrogens is 402 g/mol. The van der Waals surface area contributed by atoms with Gasteiger partial charge >= 0.3 is 6.03 Å². The first-order chi connectivity index (χ1) is 14.4. The maximum Gasteiger partial charge on any atom is 0.319 e. The molecule has 2 amide bonds. The number of piperidine rings is 1. The van der Waals surface area contributed by atoms with Crippen molar-refractivity contribution in [1.82, 2.24) is 14.9 Å². The summed E-state index contributed by atoms with van der Waals surface area (Å²) in [4.78, 5) is 31.7. The molecule has 1 fully saturated rings. The summed E-state index contributed by atoms with van der Waals surface area (Å²) >= 11 is 6.11. The number of aromatic nitrogens is 2. The fourth-order valence-corrected chi connectivity index (χ4v) is 3.91. The van der Waals surface area contributed by atoms with Gasteiger partial charge in [0.1, 0.15) is 0 Å². The predicted octanol–water partition coefficient (Wildman–Crippen LogP) is 3.69. The van der Waals surface area contributed by atoms with Gasteiger partial charge in [0.2, 0.25) is 0 Å². The molecule has 0 bridgehead atoms. The van der Waals surface area contributed by atoms with E-state index in [1.165, 1.54) is 0 Å². The smallest absolute Gasteiger partial charge is 0.319 e. The van der Waals surface area contributed by atoms with Gasteiger partial charge in [-0.2, -0.15) is 0 Å². The lowest BCUT2D eigenvalue weighted by Gasteiger charge is -2.33. The van der Waals surface area contributed by atoms with E-state index in [0.717, 1.165) is 29.4 Å². The molecule has 7 nitrogen and oxygen atoms in total. The van der Waals surface area contributed by atoms with E-state index in [4.69, 9.17) is 11.6 Å². The molecule has 2 aromatic carbocycles. The maximum atomic E-state index is 12.8. The van der Waals surface area contributed by atoms with Crippen LogP contribution in [0.2, 0.25) is 5.02 Å². The summed E-state index contributed by atoms with van der Waals surface area (Å²) in [6.45, 7) is 3.22. The third-order valence-electron chi connectivity index (χ3n) is 5.52. The Balaban J connectivity index is 1.39. The number of fused-ring (bicyclic) bond motifs is 1. The van der Waals surface area contributed by atoms with Crippen molar-refractivity contribution in [3.63, 3.8) is 0 Å². The second kappa shape index (κ2) is 8.36. The third-order valence-corrected chi connectivity index (χ3v) is 5.93. The van der Waals surface area contributed by atoms with Crippen molar-refractivity contribution in [2.24, 2.45) is 7.05 Å².